The Kier molecular flexibility index (Phi) is 6.09. The molecule has 0 saturated carbocycles. The predicted molar refractivity (Wildman–Crippen MR) is 98.7 cm³/mol. The van der Waals surface area contributed by atoms with Crippen LogP contribution in [0.3, 0.4) is 0 Å². The largest absolute Gasteiger partial charge is 0.465 e. The Labute approximate surface area is 152 Å². The number of aliphatic imine (C=N–C) groups is 1. The number of amides is 1. The van der Waals surface area contributed by atoms with Gasteiger partial charge in [-0.2, -0.15) is 0 Å². The van der Waals surface area contributed by atoms with E-state index in [9.17, 15) is 4.79 Å². The third kappa shape index (κ3) is 4.75. The normalized spacial score (nSPS) is 12.7. The predicted octanol–water partition coefficient (Wildman–Crippen LogP) is 3.17. The summed E-state index contributed by atoms with van der Waals surface area (Å²) in [6.45, 7) is 3.03. The van der Waals surface area contributed by atoms with Crippen molar-refractivity contribution in [3.63, 3.8) is 0 Å². The van der Waals surface area contributed by atoms with Gasteiger partial charge in [0.25, 0.3) is 11.9 Å². The molecule has 1 N–H and O–H groups in total. The number of aryl methyl sites for hydroxylation is 1. The molecule has 2 aromatic rings. The molecule has 1 heterocycles. The van der Waals surface area contributed by atoms with Crippen LogP contribution in [0.15, 0.2) is 53.5 Å². The van der Waals surface area contributed by atoms with Gasteiger partial charge in [-0.1, -0.05) is 30.3 Å². The molecule has 3 rings (SSSR count). The van der Waals surface area contributed by atoms with Gasteiger partial charge in [0.05, 0.1) is 6.61 Å². The maximum atomic E-state index is 12.4. The Morgan fingerprint density at radius 3 is 2.77 bits per heavy atom. The molecule has 1 aliphatic heterocycles. The Morgan fingerprint density at radius 1 is 1.15 bits per heavy atom. The van der Waals surface area contributed by atoms with Gasteiger partial charge in [-0.25, -0.2) is 4.99 Å². The average molecular weight is 354 g/mol. The van der Waals surface area contributed by atoms with E-state index in [1.165, 1.54) is 5.56 Å². The highest BCUT2D eigenvalue weighted by atomic mass is 16.7. The number of amidine groups is 1. The zero-order valence-electron chi connectivity index (χ0n) is 14.7. The summed E-state index contributed by atoms with van der Waals surface area (Å²) in [4.78, 5) is 16.8. The second-order valence-corrected chi connectivity index (χ2v) is 5.73. The number of hydrogen-bond donors (Lipinski definition) is 1. The molecular weight excluding hydrogens is 332 g/mol. The SMILES string of the molecule is CCOC(=NCCCc1ccccc1)NC(=O)c1ccc2c(c1)OCO2. The summed E-state index contributed by atoms with van der Waals surface area (Å²) in [6.07, 6.45) is 1.81. The first-order chi connectivity index (χ1) is 12.8. The first kappa shape index (κ1) is 17.8. The third-order valence-electron chi connectivity index (χ3n) is 3.86. The summed E-state index contributed by atoms with van der Waals surface area (Å²) in [5.74, 6) is 0.912. The second-order valence-electron chi connectivity index (χ2n) is 5.73. The lowest BCUT2D eigenvalue weighted by molar-refractivity contribution is 0.0965. The fourth-order valence-electron chi connectivity index (χ4n) is 2.57. The molecule has 0 unspecified atom stereocenters. The van der Waals surface area contributed by atoms with Gasteiger partial charge in [0.2, 0.25) is 6.79 Å². The van der Waals surface area contributed by atoms with E-state index in [0.717, 1.165) is 12.8 Å². The molecule has 2 aromatic carbocycles. The van der Waals surface area contributed by atoms with Gasteiger partial charge in [0.15, 0.2) is 11.5 Å². The van der Waals surface area contributed by atoms with Gasteiger partial charge in [-0.3, -0.25) is 10.1 Å². The molecule has 0 radical (unpaired) electrons. The van der Waals surface area contributed by atoms with Crippen LogP contribution in [0.2, 0.25) is 0 Å². The van der Waals surface area contributed by atoms with Crippen LogP contribution in [0.4, 0.5) is 0 Å². The van der Waals surface area contributed by atoms with Crippen molar-refractivity contribution in [1.29, 1.82) is 0 Å². The van der Waals surface area contributed by atoms with Crippen LogP contribution in [0.25, 0.3) is 0 Å². The van der Waals surface area contributed by atoms with E-state index < -0.39 is 0 Å². The zero-order valence-corrected chi connectivity index (χ0v) is 14.7. The molecule has 136 valence electrons. The number of carbonyl (C=O) groups is 1. The molecule has 0 aromatic heterocycles. The first-order valence-corrected chi connectivity index (χ1v) is 8.68. The molecular formula is C20H22N2O4. The van der Waals surface area contributed by atoms with Gasteiger partial charge in [0, 0.05) is 12.1 Å². The van der Waals surface area contributed by atoms with Gasteiger partial charge in [-0.15, -0.1) is 0 Å². The summed E-state index contributed by atoms with van der Waals surface area (Å²) in [5.41, 5.74) is 1.73. The van der Waals surface area contributed by atoms with Crippen LogP contribution >= 0.6 is 0 Å². The van der Waals surface area contributed by atoms with Crippen LogP contribution in [-0.4, -0.2) is 31.9 Å². The van der Waals surface area contributed by atoms with Gasteiger partial charge < -0.3 is 14.2 Å². The molecule has 1 amide bonds. The molecule has 6 heteroatoms. The highest BCUT2D eigenvalue weighted by Crippen LogP contribution is 2.32. The van der Waals surface area contributed by atoms with E-state index in [0.29, 0.717) is 30.2 Å². The number of carbonyl (C=O) groups excluding carboxylic acids is 1. The molecule has 0 bridgehead atoms. The van der Waals surface area contributed by atoms with E-state index in [-0.39, 0.29) is 18.7 Å². The summed E-state index contributed by atoms with van der Waals surface area (Å²) in [5, 5.41) is 2.72. The highest BCUT2D eigenvalue weighted by molar-refractivity contribution is 6.04. The van der Waals surface area contributed by atoms with Crippen molar-refractivity contribution >= 4 is 11.9 Å². The van der Waals surface area contributed by atoms with Crippen molar-refractivity contribution in [2.45, 2.75) is 19.8 Å². The van der Waals surface area contributed by atoms with Crippen molar-refractivity contribution in [2.75, 3.05) is 19.9 Å². The highest BCUT2D eigenvalue weighted by Gasteiger charge is 2.17. The number of hydrogen-bond acceptors (Lipinski definition) is 5. The lowest BCUT2D eigenvalue weighted by atomic mass is 10.1. The van der Waals surface area contributed by atoms with Crippen molar-refractivity contribution in [2.24, 2.45) is 4.99 Å². The number of fused-ring (bicyclic) bond motifs is 1. The third-order valence-corrected chi connectivity index (χ3v) is 3.86. The standard InChI is InChI=1S/C20H22N2O4/c1-2-24-20(21-12-6-9-15-7-4-3-5-8-15)22-19(23)16-10-11-17-18(13-16)26-14-25-17/h3-5,7-8,10-11,13H,2,6,9,12,14H2,1H3,(H,21,22,23). The number of nitrogens with zero attached hydrogens (tertiary/aromatic N) is 1. The fourth-order valence-corrected chi connectivity index (χ4v) is 2.57. The minimum Gasteiger partial charge on any atom is -0.465 e. The molecule has 0 saturated heterocycles. The quantitative estimate of drug-likeness (QED) is 0.491. The van der Waals surface area contributed by atoms with Crippen molar-refractivity contribution in [3.05, 3.63) is 59.7 Å². The van der Waals surface area contributed by atoms with Crippen LogP contribution in [0.1, 0.15) is 29.3 Å². The molecule has 0 atom stereocenters. The Bertz CT molecular complexity index is 775. The zero-order chi connectivity index (χ0) is 18.2. The van der Waals surface area contributed by atoms with Crippen LogP contribution in [0.5, 0.6) is 11.5 Å². The molecule has 1 aliphatic rings. The fraction of sp³-hybridized carbons (Fsp3) is 0.300. The lowest BCUT2D eigenvalue weighted by Crippen LogP contribution is -2.32. The van der Waals surface area contributed by atoms with Crippen molar-refractivity contribution in [1.82, 2.24) is 5.32 Å². The van der Waals surface area contributed by atoms with Crippen molar-refractivity contribution in [3.8, 4) is 11.5 Å². The molecule has 0 aliphatic carbocycles. The van der Waals surface area contributed by atoms with E-state index in [2.05, 4.69) is 22.4 Å². The second kappa shape index (κ2) is 8.89. The Hall–Kier alpha value is -3.02. The first-order valence-electron chi connectivity index (χ1n) is 8.68. The summed E-state index contributed by atoms with van der Waals surface area (Å²) >= 11 is 0. The molecule has 0 fully saturated rings. The van der Waals surface area contributed by atoms with Gasteiger partial charge >= 0.3 is 0 Å². The number of rotatable bonds is 6. The minimum atomic E-state index is -0.293. The van der Waals surface area contributed by atoms with E-state index >= 15 is 0 Å². The van der Waals surface area contributed by atoms with E-state index in [1.54, 1.807) is 18.2 Å². The summed E-state index contributed by atoms with van der Waals surface area (Å²) in [7, 11) is 0. The molecule has 26 heavy (non-hydrogen) atoms. The maximum absolute atomic E-state index is 12.4. The van der Waals surface area contributed by atoms with Crippen LogP contribution in [0, 0.1) is 0 Å². The van der Waals surface area contributed by atoms with E-state index in [1.807, 2.05) is 25.1 Å². The van der Waals surface area contributed by atoms with Gasteiger partial charge in [-0.05, 0) is 43.5 Å². The smallest absolute Gasteiger partial charge is 0.291 e. The number of nitrogens with one attached hydrogen (secondary N) is 1. The lowest BCUT2D eigenvalue weighted by Gasteiger charge is -2.09. The average Bonchev–Trinajstić information content (AvgIpc) is 3.14. The summed E-state index contributed by atoms with van der Waals surface area (Å²) in [6, 6.07) is 15.5. The topological polar surface area (TPSA) is 69.2 Å². The molecule has 6 nitrogen and oxygen atoms in total. The number of benzene rings is 2. The molecule has 0 spiro atoms. The summed E-state index contributed by atoms with van der Waals surface area (Å²) < 4.78 is 16.0. The van der Waals surface area contributed by atoms with Crippen LogP contribution < -0.4 is 14.8 Å². The number of ether oxygens (including phenoxy) is 3. The monoisotopic (exact) mass is 354 g/mol. The van der Waals surface area contributed by atoms with Crippen molar-refractivity contribution < 1.29 is 19.0 Å². The van der Waals surface area contributed by atoms with E-state index in [4.69, 9.17) is 14.2 Å². The van der Waals surface area contributed by atoms with Crippen LogP contribution in [-0.2, 0) is 11.2 Å². The Balaban J connectivity index is 1.56. The maximum Gasteiger partial charge on any atom is 0.291 e. The minimum absolute atomic E-state index is 0.174. The Morgan fingerprint density at radius 2 is 1.96 bits per heavy atom. The van der Waals surface area contributed by atoms with Gasteiger partial charge in [0.1, 0.15) is 0 Å².